The molecule has 0 saturated heterocycles. The third-order valence-electron chi connectivity index (χ3n) is 5.95. The van der Waals surface area contributed by atoms with Crippen LogP contribution < -0.4 is 10.6 Å². The molecule has 10 heteroatoms. The smallest absolute Gasteiger partial charge is 0.408 e. The van der Waals surface area contributed by atoms with Gasteiger partial charge in [-0.3, -0.25) is 14.4 Å². The third kappa shape index (κ3) is 7.42. The number of aryl methyl sites for hydroxylation is 1. The van der Waals surface area contributed by atoms with E-state index in [-0.39, 0.29) is 18.5 Å². The summed E-state index contributed by atoms with van der Waals surface area (Å²) in [5.41, 5.74) is 1.54. The molecule has 3 N–H and O–H groups in total. The van der Waals surface area contributed by atoms with Gasteiger partial charge in [-0.05, 0) is 63.6 Å². The van der Waals surface area contributed by atoms with Crippen molar-refractivity contribution >= 4 is 23.9 Å². The van der Waals surface area contributed by atoms with E-state index in [9.17, 15) is 24.3 Å². The fraction of sp³-hybridized carbons (Fsp3) is 0.600. The van der Waals surface area contributed by atoms with Gasteiger partial charge >= 0.3 is 12.1 Å². The second-order valence-corrected chi connectivity index (χ2v) is 9.89. The van der Waals surface area contributed by atoms with Crippen LogP contribution in [0.4, 0.5) is 4.79 Å². The fourth-order valence-corrected chi connectivity index (χ4v) is 3.80. The summed E-state index contributed by atoms with van der Waals surface area (Å²) >= 11 is 0. The first-order chi connectivity index (χ1) is 16.3. The second kappa shape index (κ2) is 11.5. The highest BCUT2D eigenvalue weighted by Gasteiger charge is 2.48. The van der Waals surface area contributed by atoms with Crippen LogP contribution >= 0.6 is 0 Å². The van der Waals surface area contributed by atoms with Crippen LogP contribution in [0.1, 0.15) is 56.8 Å². The van der Waals surface area contributed by atoms with Gasteiger partial charge in [0, 0.05) is 6.04 Å². The maximum atomic E-state index is 13.7. The molecule has 1 aromatic carbocycles. The Kier molecular flexibility index (Phi) is 9.25. The lowest BCUT2D eigenvalue weighted by Crippen LogP contribution is -2.55. The van der Waals surface area contributed by atoms with Crippen molar-refractivity contribution in [2.45, 2.75) is 71.7 Å². The molecule has 3 amide bonds. The van der Waals surface area contributed by atoms with Crippen molar-refractivity contribution in [3.63, 3.8) is 0 Å². The van der Waals surface area contributed by atoms with Gasteiger partial charge in [-0.15, -0.1) is 0 Å². The van der Waals surface area contributed by atoms with Crippen LogP contribution in [-0.4, -0.2) is 71.8 Å². The van der Waals surface area contributed by atoms with Gasteiger partial charge in [0.25, 0.3) is 0 Å². The molecular weight excluding hydrogens is 454 g/mol. The molecule has 10 nitrogen and oxygen atoms in total. The lowest BCUT2D eigenvalue weighted by molar-refractivity contribution is -0.145. The Hall–Kier alpha value is -3.14. The van der Waals surface area contributed by atoms with Crippen molar-refractivity contribution in [1.29, 1.82) is 0 Å². The largest absolute Gasteiger partial charge is 0.468 e. The zero-order chi connectivity index (χ0) is 26.5. The van der Waals surface area contributed by atoms with Gasteiger partial charge in [-0.25, -0.2) is 4.79 Å². The van der Waals surface area contributed by atoms with Gasteiger partial charge < -0.3 is 30.1 Å². The third-order valence-corrected chi connectivity index (χ3v) is 5.95. The van der Waals surface area contributed by atoms with Crippen LogP contribution in [0.3, 0.4) is 0 Å². The van der Waals surface area contributed by atoms with Crippen LogP contribution in [0.5, 0.6) is 0 Å². The number of benzene rings is 1. The monoisotopic (exact) mass is 491 g/mol. The Morgan fingerprint density at radius 1 is 1.20 bits per heavy atom. The number of carbonyl (C=O) groups excluding carboxylic acids is 4. The number of carbonyl (C=O) groups is 4. The number of aliphatic hydroxyl groups excluding tert-OH is 1. The van der Waals surface area contributed by atoms with Crippen molar-refractivity contribution < 1.29 is 33.8 Å². The number of hydrogen-bond acceptors (Lipinski definition) is 7. The number of nitrogens with zero attached hydrogens (tertiary/aromatic N) is 1. The molecule has 2 rings (SSSR count). The summed E-state index contributed by atoms with van der Waals surface area (Å²) in [6, 6.07) is 2.75. The molecule has 1 aromatic rings. The Labute approximate surface area is 206 Å². The molecule has 0 heterocycles. The number of nitrogens with one attached hydrogen (secondary N) is 2. The number of amides is 3. The van der Waals surface area contributed by atoms with Crippen molar-refractivity contribution in [1.82, 2.24) is 15.5 Å². The number of alkyl carbamates (subject to hydrolysis) is 1. The maximum Gasteiger partial charge on any atom is 0.408 e. The van der Waals surface area contributed by atoms with E-state index in [0.29, 0.717) is 12.0 Å². The van der Waals surface area contributed by atoms with Crippen LogP contribution in [0.25, 0.3) is 0 Å². The highest BCUT2D eigenvalue weighted by molar-refractivity contribution is 5.94. The van der Waals surface area contributed by atoms with Gasteiger partial charge in [0.1, 0.15) is 24.2 Å². The summed E-state index contributed by atoms with van der Waals surface area (Å²) in [5, 5.41) is 15.0. The minimum Gasteiger partial charge on any atom is -0.468 e. The first-order valence-electron chi connectivity index (χ1n) is 11.6. The molecule has 194 valence electrons. The van der Waals surface area contributed by atoms with Crippen LogP contribution in [-0.2, 0) is 23.9 Å². The number of esters is 1. The van der Waals surface area contributed by atoms with Gasteiger partial charge in [-0.2, -0.15) is 0 Å². The van der Waals surface area contributed by atoms with Crippen molar-refractivity contribution in [2.75, 3.05) is 20.3 Å². The van der Waals surface area contributed by atoms with Gasteiger partial charge in [0.15, 0.2) is 0 Å². The van der Waals surface area contributed by atoms with E-state index in [2.05, 4.69) is 15.4 Å². The van der Waals surface area contributed by atoms with Crippen LogP contribution in [0.2, 0.25) is 0 Å². The first-order valence-corrected chi connectivity index (χ1v) is 11.6. The summed E-state index contributed by atoms with van der Waals surface area (Å²) in [4.78, 5) is 52.6. The molecule has 0 radical (unpaired) electrons. The van der Waals surface area contributed by atoms with Crippen LogP contribution in [0.15, 0.2) is 18.2 Å². The molecule has 1 fully saturated rings. The molecule has 1 saturated carbocycles. The second-order valence-electron chi connectivity index (χ2n) is 9.89. The van der Waals surface area contributed by atoms with E-state index in [1.807, 2.05) is 26.8 Å². The highest BCUT2D eigenvalue weighted by Crippen LogP contribution is 2.41. The predicted octanol–water partition coefficient (Wildman–Crippen LogP) is 1.76. The summed E-state index contributed by atoms with van der Waals surface area (Å²) in [6.45, 7) is 9.71. The lowest BCUT2D eigenvalue weighted by atomic mass is 9.94. The van der Waals surface area contributed by atoms with E-state index < -0.39 is 48.2 Å². The van der Waals surface area contributed by atoms with Crippen molar-refractivity contribution in [3.05, 3.63) is 34.9 Å². The minimum atomic E-state index is -1.32. The lowest BCUT2D eigenvalue weighted by Gasteiger charge is -2.35. The molecule has 0 bridgehead atoms. The number of methoxy groups -OCH3 is 1. The van der Waals surface area contributed by atoms with Crippen LogP contribution in [0, 0.1) is 19.8 Å². The summed E-state index contributed by atoms with van der Waals surface area (Å²) < 4.78 is 9.86. The quantitative estimate of drug-likeness (QED) is 0.448. The van der Waals surface area contributed by atoms with E-state index in [4.69, 9.17) is 4.74 Å². The fourth-order valence-electron chi connectivity index (χ4n) is 3.80. The molecule has 1 aliphatic rings. The molecular formula is C25H37N3O7. The normalized spacial score (nSPS) is 18.6. The Morgan fingerprint density at radius 2 is 1.83 bits per heavy atom. The summed E-state index contributed by atoms with van der Waals surface area (Å²) in [6.07, 6.45) is -0.200. The maximum absolute atomic E-state index is 13.7. The minimum absolute atomic E-state index is 0.112. The van der Waals surface area contributed by atoms with E-state index >= 15 is 0 Å². The zero-order valence-electron chi connectivity index (χ0n) is 21.5. The van der Waals surface area contributed by atoms with E-state index in [1.54, 1.807) is 32.9 Å². The number of hydrogen-bond donors (Lipinski definition) is 3. The first kappa shape index (κ1) is 28.1. The molecule has 0 aliphatic heterocycles. The van der Waals surface area contributed by atoms with E-state index in [1.165, 1.54) is 12.0 Å². The average Bonchev–Trinajstić information content (AvgIpc) is 3.50. The molecule has 0 spiro atoms. The van der Waals surface area contributed by atoms with Crippen molar-refractivity contribution in [3.8, 4) is 0 Å². The molecule has 4 atom stereocenters. The molecule has 1 aliphatic carbocycles. The highest BCUT2D eigenvalue weighted by atomic mass is 16.6. The molecule has 35 heavy (non-hydrogen) atoms. The molecule has 0 aromatic heterocycles. The zero-order valence-corrected chi connectivity index (χ0v) is 21.5. The average molecular weight is 492 g/mol. The van der Waals surface area contributed by atoms with Gasteiger partial charge in [-0.1, -0.05) is 25.1 Å². The number of rotatable bonds is 9. The number of ether oxygens (including phenoxy) is 2. The topological polar surface area (TPSA) is 134 Å². The number of aliphatic hydroxyl groups is 1. The summed E-state index contributed by atoms with van der Waals surface area (Å²) in [5.74, 6) is -1.70. The van der Waals surface area contributed by atoms with E-state index in [0.717, 1.165) is 11.1 Å². The van der Waals surface area contributed by atoms with Gasteiger partial charge in [0.05, 0.1) is 13.7 Å². The van der Waals surface area contributed by atoms with Gasteiger partial charge in [0.2, 0.25) is 11.8 Å². The SMILES string of the molecule is COC(=O)CNC(=O)C(c1cccc(C)c1C)N(C(=O)C(CO)NC(=O)OC(C)(C)C)C1CC1C. The predicted molar refractivity (Wildman–Crippen MR) is 128 cm³/mol. The standard InChI is InChI=1S/C25H37N3O7/c1-14-9-8-10-17(16(14)3)21(22(31)26-12-20(30)34-7)28(19-11-15(19)2)23(32)18(13-29)27-24(33)35-25(4,5)6/h8-10,15,18-19,21,29H,11-13H2,1-7H3,(H,26,31)(H,27,33). The Bertz CT molecular complexity index is 957. The molecule has 4 unspecified atom stereocenters. The Morgan fingerprint density at radius 3 is 2.34 bits per heavy atom. The Balaban J connectivity index is 2.47. The summed E-state index contributed by atoms with van der Waals surface area (Å²) in [7, 11) is 1.21. The van der Waals surface area contributed by atoms with Crippen molar-refractivity contribution in [2.24, 2.45) is 5.92 Å².